The van der Waals surface area contributed by atoms with Gasteiger partial charge in [0.25, 0.3) is 0 Å². The van der Waals surface area contributed by atoms with E-state index in [9.17, 15) is 8.78 Å². The summed E-state index contributed by atoms with van der Waals surface area (Å²) in [7, 11) is 3.93. The average Bonchev–Trinajstić information content (AvgIpc) is 2.48. The first-order valence-electron chi connectivity index (χ1n) is 6.68. The van der Waals surface area contributed by atoms with Crippen molar-refractivity contribution >= 4 is 5.69 Å². The highest BCUT2D eigenvalue weighted by atomic mass is 19.2. The predicted molar refractivity (Wildman–Crippen MR) is 80.9 cm³/mol. The summed E-state index contributed by atoms with van der Waals surface area (Å²) in [5.74, 6) is 3.91. The van der Waals surface area contributed by atoms with E-state index < -0.39 is 11.6 Å². The Morgan fingerprint density at radius 1 is 1.05 bits per heavy atom. The van der Waals surface area contributed by atoms with Crippen molar-refractivity contribution in [2.75, 3.05) is 19.0 Å². The fraction of sp³-hybridized carbons (Fsp3) is 0.250. The molecule has 0 heterocycles. The van der Waals surface area contributed by atoms with Crippen molar-refractivity contribution < 1.29 is 8.78 Å². The van der Waals surface area contributed by atoms with Crippen molar-refractivity contribution in [3.63, 3.8) is 0 Å². The fourth-order valence-corrected chi connectivity index (χ4v) is 2.18. The zero-order valence-corrected chi connectivity index (χ0v) is 12.1. The molecule has 0 amide bonds. The molecule has 3 nitrogen and oxygen atoms in total. The SMILES string of the molecule is CN(C)c1ccc(C(Cc2ccc(F)c(F)c2)NN)cc1. The molecule has 0 spiro atoms. The Morgan fingerprint density at radius 3 is 2.24 bits per heavy atom. The van der Waals surface area contributed by atoms with Crippen LogP contribution in [0, 0.1) is 11.6 Å². The van der Waals surface area contributed by atoms with Crippen molar-refractivity contribution in [3.05, 3.63) is 65.2 Å². The topological polar surface area (TPSA) is 41.3 Å². The van der Waals surface area contributed by atoms with E-state index in [0.717, 1.165) is 17.3 Å². The lowest BCUT2D eigenvalue weighted by molar-refractivity contribution is 0.502. The van der Waals surface area contributed by atoms with E-state index in [1.54, 1.807) is 6.07 Å². The van der Waals surface area contributed by atoms with Crippen molar-refractivity contribution in [1.29, 1.82) is 0 Å². The molecular formula is C16H19F2N3. The molecule has 0 saturated carbocycles. The van der Waals surface area contributed by atoms with Gasteiger partial charge >= 0.3 is 0 Å². The Balaban J connectivity index is 2.17. The third kappa shape index (κ3) is 3.77. The number of halogens is 2. The Labute approximate surface area is 123 Å². The molecule has 1 atom stereocenters. The molecule has 0 bridgehead atoms. The van der Waals surface area contributed by atoms with Crippen LogP contribution < -0.4 is 16.2 Å². The minimum absolute atomic E-state index is 0.161. The first-order chi connectivity index (χ1) is 10.0. The van der Waals surface area contributed by atoms with Gasteiger partial charge in [-0.3, -0.25) is 11.3 Å². The number of hydrazine groups is 1. The zero-order chi connectivity index (χ0) is 15.4. The van der Waals surface area contributed by atoms with E-state index in [1.807, 2.05) is 43.3 Å². The highest BCUT2D eigenvalue weighted by molar-refractivity contribution is 5.46. The summed E-state index contributed by atoms with van der Waals surface area (Å²) in [6, 6.07) is 11.7. The van der Waals surface area contributed by atoms with Crippen LogP contribution in [0.2, 0.25) is 0 Å². The highest BCUT2D eigenvalue weighted by Crippen LogP contribution is 2.21. The largest absolute Gasteiger partial charge is 0.378 e. The van der Waals surface area contributed by atoms with Gasteiger partial charge in [-0.25, -0.2) is 8.78 Å². The summed E-state index contributed by atoms with van der Waals surface area (Å²) in [6.45, 7) is 0. The molecule has 2 aromatic rings. The van der Waals surface area contributed by atoms with Crippen LogP contribution in [0.25, 0.3) is 0 Å². The molecule has 0 radical (unpaired) electrons. The van der Waals surface area contributed by atoms with Crippen LogP contribution in [0.5, 0.6) is 0 Å². The molecule has 0 aliphatic rings. The van der Waals surface area contributed by atoms with Crippen LogP contribution in [0.3, 0.4) is 0 Å². The number of nitrogens with zero attached hydrogens (tertiary/aromatic N) is 1. The van der Waals surface area contributed by atoms with E-state index in [-0.39, 0.29) is 6.04 Å². The summed E-state index contributed by atoms with van der Waals surface area (Å²) in [6.07, 6.45) is 0.481. The predicted octanol–water partition coefficient (Wildman–Crippen LogP) is 2.78. The Hall–Kier alpha value is -1.98. The molecule has 0 saturated heterocycles. The van der Waals surface area contributed by atoms with E-state index >= 15 is 0 Å². The molecule has 0 aromatic heterocycles. The molecule has 0 aliphatic carbocycles. The lowest BCUT2D eigenvalue weighted by Gasteiger charge is -2.18. The number of nitrogens with two attached hydrogens (primary N) is 1. The van der Waals surface area contributed by atoms with Gasteiger partial charge in [0.15, 0.2) is 11.6 Å². The van der Waals surface area contributed by atoms with Gasteiger partial charge in [0.2, 0.25) is 0 Å². The van der Waals surface area contributed by atoms with Gasteiger partial charge in [0.05, 0.1) is 0 Å². The minimum Gasteiger partial charge on any atom is -0.378 e. The van der Waals surface area contributed by atoms with Gasteiger partial charge in [-0.05, 0) is 41.8 Å². The van der Waals surface area contributed by atoms with Gasteiger partial charge in [0.1, 0.15) is 0 Å². The third-order valence-corrected chi connectivity index (χ3v) is 3.44. The molecule has 0 fully saturated rings. The second kappa shape index (κ2) is 6.65. The molecular weight excluding hydrogens is 272 g/mol. The minimum atomic E-state index is -0.841. The van der Waals surface area contributed by atoms with Crippen molar-refractivity contribution in [3.8, 4) is 0 Å². The smallest absolute Gasteiger partial charge is 0.159 e. The Kier molecular flexibility index (Phi) is 4.88. The van der Waals surface area contributed by atoms with Crippen LogP contribution in [-0.4, -0.2) is 14.1 Å². The summed E-state index contributed by atoms with van der Waals surface area (Å²) >= 11 is 0. The number of nitrogens with one attached hydrogen (secondary N) is 1. The lowest BCUT2D eigenvalue weighted by Crippen LogP contribution is -2.29. The van der Waals surface area contributed by atoms with Gasteiger partial charge in [-0.2, -0.15) is 0 Å². The Bertz CT molecular complexity index is 597. The number of benzene rings is 2. The normalized spacial score (nSPS) is 12.2. The van der Waals surface area contributed by atoms with Crippen LogP contribution in [0.15, 0.2) is 42.5 Å². The van der Waals surface area contributed by atoms with Gasteiger partial charge in [-0.1, -0.05) is 18.2 Å². The van der Waals surface area contributed by atoms with Gasteiger partial charge in [0, 0.05) is 25.8 Å². The number of hydrogen-bond acceptors (Lipinski definition) is 3. The lowest BCUT2D eigenvalue weighted by atomic mass is 9.99. The average molecular weight is 291 g/mol. The number of hydrogen-bond donors (Lipinski definition) is 2. The van der Waals surface area contributed by atoms with Crippen LogP contribution in [-0.2, 0) is 6.42 Å². The molecule has 21 heavy (non-hydrogen) atoms. The van der Waals surface area contributed by atoms with E-state index in [1.165, 1.54) is 6.07 Å². The van der Waals surface area contributed by atoms with Gasteiger partial charge in [-0.15, -0.1) is 0 Å². The first kappa shape index (κ1) is 15.4. The molecule has 5 heteroatoms. The molecule has 1 unspecified atom stereocenters. The monoisotopic (exact) mass is 291 g/mol. The summed E-state index contributed by atoms with van der Waals surface area (Å²) in [5, 5.41) is 0. The third-order valence-electron chi connectivity index (χ3n) is 3.44. The number of anilines is 1. The molecule has 112 valence electrons. The second-order valence-electron chi connectivity index (χ2n) is 5.16. The number of rotatable bonds is 5. The molecule has 0 aliphatic heterocycles. The standard InChI is InChI=1S/C16H19F2N3/c1-21(2)13-6-4-12(5-7-13)16(20-19)10-11-3-8-14(17)15(18)9-11/h3-9,16,20H,10,19H2,1-2H3. The zero-order valence-electron chi connectivity index (χ0n) is 12.1. The van der Waals surface area contributed by atoms with E-state index in [0.29, 0.717) is 12.0 Å². The fourth-order valence-electron chi connectivity index (χ4n) is 2.18. The van der Waals surface area contributed by atoms with Crippen molar-refractivity contribution in [2.24, 2.45) is 5.84 Å². The molecule has 3 N–H and O–H groups in total. The van der Waals surface area contributed by atoms with Gasteiger partial charge < -0.3 is 4.90 Å². The summed E-state index contributed by atoms with van der Waals surface area (Å²) in [5.41, 5.74) is 5.49. The highest BCUT2D eigenvalue weighted by Gasteiger charge is 2.12. The maximum atomic E-state index is 13.2. The first-order valence-corrected chi connectivity index (χ1v) is 6.68. The van der Waals surface area contributed by atoms with Crippen molar-refractivity contribution in [1.82, 2.24) is 5.43 Å². The maximum absolute atomic E-state index is 13.2. The van der Waals surface area contributed by atoms with Crippen molar-refractivity contribution in [2.45, 2.75) is 12.5 Å². The Morgan fingerprint density at radius 2 is 1.71 bits per heavy atom. The molecule has 2 aromatic carbocycles. The van der Waals surface area contributed by atoms with E-state index in [4.69, 9.17) is 5.84 Å². The van der Waals surface area contributed by atoms with Crippen LogP contribution in [0.4, 0.5) is 14.5 Å². The second-order valence-corrected chi connectivity index (χ2v) is 5.16. The quantitative estimate of drug-likeness (QED) is 0.657. The summed E-state index contributed by atoms with van der Waals surface area (Å²) < 4.78 is 26.2. The summed E-state index contributed by atoms with van der Waals surface area (Å²) in [4.78, 5) is 2.00. The molecule has 2 rings (SSSR count). The van der Waals surface area contributed by atoms with Crippen LogP contribution >= 0.6 is 0 Å². The van der Waals surface area contributed by atoms with E-state index in [2.05, 4.69) is 5.43 Å². The van der Waals surface area contributed by atoms with Crippen LogP contribution in [0.1, 0.15) is 17.2 Å². The maximum Gasteiger partial charge on any atom is 0.159 e.